The van der Waals surface area contributed by atoms with Crippen molar-refractivity contribution in [2.75, 3.05) is 14.2 Å². The summed E-state index contributed by atoms with van der Waals surface area (Å²) in [5.74, 6) is 0.0400. The number of aryl methyl sites for hydroxylation is 1. The van der Waals surface area contributed by atoms with Gasteiger partial charge in [-0.2, -0.15) is 0 Å². The number of allylic oxidation sites excluding steroid dienone is 6. The lowest BCUT2D eigenvalue weighted by Crippen LogP contribution is -2.12. The molecule has 0 fully saturated rings. The van der Waals surface area contributed by atoms with Crippen molar-refractivity contribution in [3.05, 3.63) is 87.8 Å². The van der Waals surface area contributed by atoms with Crippen LogP contribution in [0.4, 0.5) is 0 Å². The molecule has 0 radical (unpaired) electrons. The van der Waals surface area contributed by atoms with E-state index in [0.29, 0.717) is 23.3 Å². The minimum atomic E-state index is -0.264. The summed E-state index contributed by atoms with van der Waals surface area (Å²) in [7, 11) is 2.99. The standard InChI is InChI=1S/C36H38N4O4/c1-9-21-17(3)24-13-26-19(5)23(11-12-32(42)44-8)35(39-26)34-31(43-7)16-30(41)33-20(6)27(40-36(33)34)15-29-22(10-2)18(4)25(38-29)14-28(21)37-24/h9,13-16,19,23,39-40H,1,10-12H2,2-8H3/t19-,23-/m0/s1. The maximum Gasteiger partial charge on any atom is 0.305 e. The van der Waals surface area contributed by atoms with Crippen LogP contribution in [-0.2, 0) is 14.3 Å². The zero-order valence-corrected chi connectivity index (χ0v) is 26.4. The fourth-order valence-corrected chi connectivity index (χ4v) is 6.94. The van der Waals surface area contributed by atoms with Gasteiger partial charge in [0, 0.05) is 46.8 Å². The minimum absolute atomic E-state index is 0.0167. The highest BCUT2D eigenvalue weighted by Gasteiger charge is 2.35. The predicted molar refractivity (Wildman–Crippen MR) is 174 cm³/mol. The van der Waals surface area contributed by atoms with Crippen molar-refractivity contribution < 1.29 is 19.1 Å². The Hall–Kier alpha value is -4.72. The van der Waals surface area contributed by atoms with Gasteiger partial charge in [-0.25, -0.2) is 9.97 Å². The molecule has 8 heteroatoms. The number of ketones is 1. The molecule has 0 spiro atoms. The Balaban J connectivity index is 1.78. The van der Waals surface area contributed by atoms with Crippen LogP contribution in [0, 0.1) is 6.92 Å². The van der Waals surface area contributed by atoms with E-state index in [9.17, 15) is 9.59 Å². The van der Waals surface area contributed by atoms with Crippen molar-refractivity contribution >= 4 is 50.8 Å². The molecule has 0 aromatic carbocycles. The zero-order valence-electron chi connectivity index (χ0n) is 26.4. The molecule has 44 heavy (non-hydrogen) atoms. The fourth-order valence-electron chi connectivity index (χ4n) is 6.94. The number of esters is 1. The van der Waals surface area contributed by atoms with Crippen LogP contribution in [0.25, 0.3) is 39.1 Å². The molecule has 6 rings (SSSR count). The van der Waals surface area contributed by atoms with Crippen LogP contribution in [0.15, 0.2) is 36.9 Å². The summed E-state index contributed by atoms with van der Waals surface area (Å²) in [6.07, 6.45) is 5.04. The zero-order chi connectivity index (χ0) is 31.4. The lowest BCUT2D eigenvalue weighted by atomic mass is 9.84. The predicted octanol–water partition coefficient (Wildman–Crippen LogP) is 7.83. The molecule has 2 N–H and O–H groups in total. The number of ether oxygens (including phenoxy) is 2. The highest BCUT2D eigenvalue weighted by Crippen LogP contribution is 2.46. The van der Waals surface area contributed by atoms with Crippen LogP contribution in [0.1, 0.15) is 114 Å². The third-order valence-electron chi connectivity index (χ3n) is 9.51. The molecule has 2 atom stereocenters. The van der Waals surface area contributed by atoms with Crippen molar-refractivity contribution in [3.8, 4) is 0 Å². The Morgan fingerprint density at radius 1 is 1.00 bits per heavy atom. The second kappa shape index (κ2) is 11.1. The molecule has 4 aliphatic rings. The number of rotatable bonds is 6. The molecule has 1 aliphatic carbocycles. The number of hydrogen-bond acceptors (Lipinski definition) is 6. The summed E-state index contributed by atoms with van der Waals surface area (Å²) in [5.41, 5.74) is 13.3. The van der Waals surface area contributed by atoms with Crippen LogP contribution >= 0.6 is 0 Å². The van der Waals surface area contributed by atoms with E-state index in [-0.39, 0.29) is 30.0 Å². The van der Waals surface area contributed by atoms with Crippen LogP contribution in [0.2, 0.25) is 0 Å². The van der Waals surface area contributed by atoms with Crippen LogP contribution < -0.4 is 0 Å². The molecule has 0 saturated heterocycles. The largest absolute Gasteiger partial charge is 0.496 e. The first-order valence-electron chi connectivity index (χ1n) is 15.1. The van der Waals surface area contributed by atoms with E-state index in [0.717, 1.165) is 79.5 Å². The normalized spacial score (nSPS) is 18.3. The number of hydrogen-bond donors (Lipinski definition) is 2. The van der Waals surface area contributed by atoms with E-state index in [1.54, 1.807) is 13.2 Å². The molecule has 5 heterocycles. The van der Waals surface area contributed by atoms with Gasteiger partial charge in [0.25, 0.3) is 0 Å². The van der Waals surface area contributed by atoms with Crippen LogP contribution in [0.3, 0.4) is 0 Å². The van der Waals surface area contributed by atoms with Gasteiger partial charge in [-0.3, -0.25) is 9.59 Å². The van der Waals surface area contributed by atoms with Gasteiger partial charge >= 0.3 is 5.97 Å². The van der Waals surface area contributed by atoms with Gasteiger partial charge in [-0.15, -0.1) is 0 Å². The quantitative estimate of drug-likeness (QED) is 0.332. The van der Waals surface area contributed by atoms with Crippen molar-refractivity contribution in [2.45, 2.75) is 65.7 Å². The van der Waals surface area contributed by atoms with Gasteiger partial charge in [0.1, 0.15) is 5.76 Å². The summed E-state index contributed by atoms with van der Waals surface area (Å²) < 4.78 is 10.9. The summed E-state index contributed by atoms with van der Waals surface area (Å²) in [6, 6.07) is 6.18. The molecular formula is C36H38N4O4. The molecular weight excluding hydrogens is 552 g/mol. The highest BCUT2D eigenvalue weighted by atomic mass is 16.5. The molecule has 2 aromatic heterocycles. The molecule has 3 aliphatic heterocycles. The van der Waals surface area contributed by atoms with Crippen molar-refractivity contribution in [1.29, 1.82) is 0 Å². The smallest absolute Gasteiger partial charge is 0.305 e. The maximum absolute atomic E-state index is 13.5. The van der Waals surface area contributed by atoms with E-state index in [1.807, 2.05) is 25.1 Å². The first-order chi connectivity index (χ1) is 21.1. The van der Waals surface area contributed by atoms with Crippen molar-refractivity contribution in [1.82, 2.24) is 19.9 Å². The van der Waals surface area contributed by atoms with E-state index < -0.39 is 0 Å². The topological polar surface area (TPSA) is 110 Å². The number of carbonyl (C=O) groups excluding carboxylic acids is 2. The summed E-state index contributed by atoms with van der Waals surface area (Å²) in [6.45, 7) is 14.5. The Labute approximate surface area is 257 Å². The van der Waals surface area contributed by atoms with Gasteiger partial charge in [0.05, 0.1) is 53.6 Å². The number of fused-ring (bicyclic) bond motifs is 8. The van der Waals surface area contributed by atoms with Crippen LogP contribution in [0.5, 0.6) is 0 Å². The van der Waals surface area contributed by atoms with E-state index >= 15 is 0 Å². The second-order valence-electron chi connectivity index (χ2n) is 11.8. The van der Waals surface area contributed by atoms with Crippen molar-refractivity contribution in [2.24, 2.45) is 0 Å². The molecule has 0 unspecified atom stereocenters. The minimum Gasteiger partial charge on any atom is -0.496 e. The number of H-pyrrole nitrogens is 2. The molecule has 226 valence electrons. The van der Waals surface area contributed by atoms with Gasteiger partial charge in [-0.1, -0.05) is 26.5 Å². The van der Waals surface area contributed by atoms with Crippen LogP contribution in [-0.4, -0.2) is 45.9 Å². The Kier molecular flexibility index (Phi) is 7.40. The Morgan fingerprint density at radius 2 is 1.73 bits per heavy atom. The fraction of sp³-hybridized carbons (Fsp3) is 0.333. The summed E-state index contributed by atoms with van der Waals surface area (Å²) in [4.78, 5) is 43.3. The monoisotopic (exact) mass is 590 g/mol. The number of aromatic amines is 2. The molecule has 2 aromatic rings. The van der Waals surface area contributed by atoms with Gasteiger partial charge in [0.2, 0.25) is 0 Å². The maximum atomic E-state index is 13.5. The SMILES string of the molecule is C=CC1=C(C)c2cc3[nH]c(c4c5[nH]c(cc6nc(cc1n2)C(C)=C6CC)c(C)c5C(=O)C=C4OC)[C@@H](CCC(=O)OC)[C@@H]3C. The first-order valence-corrected chi connectivity index (χ1v) is 15.1. The lowest BCUT2D eigenvalue weighted by molar-refractivity contribution is -0.140. The number of carbonyl (C=O) groups is 2. The van der Waals surface area contributed by atoms with E-state index in [2.05, 4.69) is 50.3 Å². The number of nitrogens with zero attached hydrogens (tertiary/aromatic N) is 2. The molecule has 8 nitrogen and oxygen atoms in total. The molecule has 8 bridgehead atoms. The average Bonchev–Trinajstić information content (AvgIpc) is 3.69. The van der Waals surface area contributed by atoms with E-state index in [1.165, 1.54) is 7.11 Å². The van der Waals surface area contributed by atoms with E-state index in [4.69, 9.17) is 19.4 Å². The molecule has 0 saturated carbocycles. The lowest BCUT2D eigenvalue weighted by Gasteiger charge is -2.20. The first kappa shape index (κ1) is 29.4. The van der Waals surface area contributed by atoms with Crippen molar-refractivity contribution in [3.63, 3.8) is 0 Å². The third kappa shape index (κ3) is 4.51. The van der Waals surface area contributed by atoms with Gasteiger partial charge < -0.3 is 19.4 Å². The second-order valence-corrected chi connectivity index (χ2v) is 11.8. The Bertz CT molecular complexity index is 1930. The third-order valence-corrected chi connectivity index (χ3v) is 9.51. The highest BCUT2D eigenvalue weighted by molar-refractivity contribution is 6.19. The number of nitrogens with one attached hydrogen (secondary N) is 2. The van der Waals surface area contributed by atoms with Gasteiger partial charge in [-0.05, 0) is 74.1 Å². The number of methoxy groups -OCH3 is 2. The Morgan fingerprint density at radius 3 is 2.41 bits per heavy atom. The average molecular weight is 591 g/mol. The summed E-state index contributed by atoms with van der Waals surface area (Å²) in [5, 5.41) is 0. The molecule has 0 amide bonds. The van der Waals surface area contributed by atoms with Gasteiger partial charge in [0.15, 0.2) is 5.78 Å². The summed E-state index contributed by atoms with van der Waals surface area (Å²) >= 11 is 0. The number of aromatic nitrogens is 4.